The minimum absolute atomic E-state index is 0.107. The van der Waals surface area contributed by atoms with Crippen LogP contribution in [0.25, 0.3) is 0 Å². The first kappa shape index (κ1) is 16.3. The van der Waals surface area contributed by atoms with Gasteiger partial charge in [-0.3, -0.25) is 4.79 Å². The monoisotopic (exact) mass is 341 g/mol. The van der Waals surface area contributed by atoms with Gasteiger partial charge in [0.25, 0.3) is 5.91 Å². The van der Waals surface area contributed by atoms with Gasteiger partial charge in [-0.25, -0.2) is 4.98 Å². The van der Waals surface area contributed by atoms with Crippen molar-refractivity contribution in [3.63, 3.8) is 0 Å². The van der Waals surface area contributed by atoms with Crippen LogP contribution in [0.15, 0.2) is 48.8 Å². The van der Waals surface area contributed by atoms with Crippen molar-refractivity contribution in [2.75, 3.05) is 7.11 Å². The maximum Gasteiger partial charge on any atom is 0.262 e. The molecule has 0 saturated carbocycles. The van der Waals surface area contributed by atoms with E-state index in [1.54, 1.807) is 13.3 Å². The Morgan fingerprint density at radius 2 is 2.17 bits per heavy atom. The number of rotatable bonds is 5. The van der Waals surface area contributed by atoms with Gasteiger partial charge in [0.15, 0.2) is 0 Å². The smallest absolute Gasteiger partial charge is 0.262 e. The summed E-state index contributed by atoms with van der Waals surface area (Å²) in [4.78, 5) is 18.8. The third kappa shape index (κ3) is 3.33. The quantitative estimate of drug-likeness (QED) is 0.774. The van der Waals surface area contributed by atoms with Crippen molar-refractivity contribution in [1.29, 1.82) is 0 Å². The number of hydrogen-bond acceptors (Lipinski definition) is 4. The highest BCUT2D eigenvalue weighted by molar-refractivity contribution is 7.13. The first-order valence-electron chi connectivity index (χ1n) is 7.57. The van der Waals surface area contributed by atoms with Crippen molar-refractivity contribution in [2.45, 2.75) is 13.0 Å². The topological polar surface area (TPSA) is 56.1 Å². The second-order valence-corrected chi connectivity index (χ2v) is 6.78. The highest BCUT2D eigenvalue weighted by Gasteiger charge is 2.22. The number of nitrogens with zero attached hydrogens (tertiary/aromatic N) is 2. The molecule has 124 valence electrons. The normalized spacial score (nSPS) is 12.0. The molecule has 0 aliphatic carbocycles. The standard InChI is InChI=1S/C18H19N3O2S/c1-12-7-8-15(24-12)18(22)20-16(17-19-9-10-21(17)2)13-5-4-6-14(11-13)23-3/h4-11,16H,1-3H3,(H,20,22). The van der Waals surface area contributed by atoms with Gasteiger partial charge in [0, 0.05) is 24.3 Å². The predicted octanol–water partition coefficient (Wildman–Crippen LogP) is 3.32. The van der Waals surface area contributed by atoms with E-state index in [1.165, 1.54) is 11.3 Å². The largest absolute Gasteiger partial charge is 0.497 e. The maximum absolute atomic E-state index is 12.6. The molecular formula is C18H19N3O2S. The number of benzene rings is 1. The fraction of sp³-hybridized carbons (Fsp3) is 0.222. The number of carbonyl (C=O) groups is 1. The van der Waals surface area contributed by atoms with Crippen LogP contribution in [-0.2, 0) is 7.05 Å². The Morgan fingerprint density at radius 1 is 1.33 bits per heavy atom. The molecule has 1 N–H and O–H groups in total. The molecular weight excluding hydrogens is 322 g/mol. The molecule has 3 rings (SSSR count). The van der Waals surface area contributed by atoms with E-state index in [2.05, 4.69) is 10.3 Å². The summed E-state index contributed by atoms with van der Waals surface area (Å²) in [7, 11) is 3.54. The van der Waals surface area contributed by atoms with Gasteiger partial charge in [-0.05, 0) is 36.8 Å². The lowest BCUT2D eigenvalue weighted by molar-refractivity contribution is 0.0945. The third-order valence-corrected chi connectivity index (χ3v) is 4.78. The molecule has 3 aromatic rings. The Balaban J connectivity index is 1.96. The van der Waals surface area contributed by atoms with Crippen molar-refractivity contribution in [1.82, 2.24) is 14.9 Å². The fourth-order valence-electron chi connectivity index (χ4n) is 2.53. The molecule has 0 aliphatic heterocycles. The minimum atomic E-state index is -0.352. The second kappa shape index (κ2) is 6.88. The van der Waals surface area contributed by atoms with Crippen LogP contribution >= 0.6 is 11.3 Å². The van der Waals surface area contributed by atoms with Gasteiger partial charge in [0.1, 0.15) is 17.6 Å². The van der Waals surface area contributed by atoms with E-state index in [0.29, 0.717) is 4.88 Å². The van der Waals surface area contributed by atoms with E-state index >= 15 is 0 Å². The summed E-state index contributed by atoms with van der Waals surface area (Å²) in [5.74, 6) is 1.40. The first-order chi connectivity index (χ1) is 11.6. The Kier molecular flexibility index (Phi) is 4.66. The number of thiophene rings is 1. The minimum Gasteiger partial charge on any atom is -0.497 e. The summed E-state index contributed by atoms with van der Waals surface area (Å²) < 4.78 is 7.21. The highest BCUT2D eigenvalue weighted by Crippen LogP contribution is 2.25. The van der Waals surface area contributed by atoms with Gasteiger partial charge in [0.2, 0.25) is 0 Å². The lowest BCUT2D eigenvalue weighted by atomic mass is 10.1. The molecule has 1 unspecified atom stereocenters. The first-order valence-corrected chi connectivity index (χ1v) is 8.38. The molecule has 0 spiro atoms. The Labute approximate surface area is 144 Å². The van der Waals surface area contributed by atoms with E-state index in [9.17, 15) is 4.79 Å². The van der Waals surface area contributed by atoms with Crippen molar-refractivity contribution in [3.05, 3.63) is 69.9 Å². The van der Waals surface area contributed by atoms with Gasteiger partial charge in [0.05, 0.1) is 12.0 Å². The Bertz CT molecular complexity index is 853. The number of nitrogens with one attached hydrogen (secondary N) is 1. The van der Waals surface area contributed by atoms with Crippen molar-refractivity contribution in [3.8, 4) is 5.75 Å². The predicted molar refractivity (Wildman–Crippen MR) is 94.6 cm³/mol. The summed E-state index contributed by atoms with van der Waals surface area (Å²) in [5.41, 5.74) is 0.922. The van der Waals surface area contributed by atoms with Crippen LogP contribution in [0.1, 0.15) is 32.0 Å². The molecule has 5 nitrogen and oxygen atoms in total. The van der Waals surface area contributed by atoms with Crippen LogP contribution in [0.3, 0.4) is 0 Å². The van der Waals surface area contributed by atoms with Crippen LogP contribution in [0, 0.1) is 6.92 Å². The second-order valence-electron chi connectivity index (χ2n) is 5.49. The molecule has 1 amide bonds. The van der Waals surface area contributed by atoms with Crippen molar-refractivity contribution >= 4 is 17.2 Å². The van der Waals surface area contributed by atoms with E-state index in [1.807, 2.05) is 61.1 Å². The number of carbonyl (C=O) groups excluding carboxylic acids is 1. The van der Waals surface area contributed by atoms with Crippen LogP contribution in [0.5, 0.6) is 5.75 Å². The summed E-state index contributed by atoms with van der Waals surface area (Å²) in [6, 6.07) is 11.1. The van der Waals surface area contributed by atoms with Crippen LogP contribution < -0.4 is 10.1 Å². The van der Waals surface area contributed by atoms with Crippen molar-refractivity contribution in [2.24, 2.45) is 7.05 Å². The van der Waals surface area contributed by atoms with Crippen molar-refractivity contribution < 1.29 is 9.53 Å². The molecule has 0 aliphatic rings. The summed E-state index contributed by atoms with van der Waals surface area (Å²) in [6.07, 6.45) is 3.59. The zero-order chi connectivity index (χ0) is 17.1. The molecule has 24 heavy (non-hydrogen) atoms. The van der Waals surface area contributed by atoms with Crippen LogP contribution in [-0.4, -0.2) is 22.6 Å². The van der Waals surface area contributed by atoms with Gasteiger partial charge in [-0.15, -0.1) is 11.3 Å². The number of hydrogen-bond donors (Lipinski definition) is 1. The lowest BCUT2D eigenvalue weighted by Crippen LogP contribution is -2.30. The molecule has 2 heterocycles. The van der Waals surface area contributed by atoms with Crippen LogP contribution in [0.4, 0.5) is 0 Å². The number of aromatic nitrogens is 2. The maximum atomic E-state index is 12.6. The number of imidazole rings is 1. The van der Waals surface area contributed by atoms with E-state index in [-0.39, 0.29) is 11.9 Å². The summed E-state index contributed by atoms with van der Waals surface area (Å²) in [5, 5.41) is 3.09. The summed E-state index contributed by atoms with van der Waals surface area (Å²) in [6.45, 7) is 1.99. The molecule has 0 radical (unpaired) electrons. The van der Waals surface area contributed by atoms with Gasteiger partial charge < -0.3 is 14.6 Å². The lowest BCUT2D eigenvalue weighted by Gasteiger charge is -2.19. The zero-order valence-electron chi connectivity index (χ0n) is 13.8. The molecule has 1 aromatic carbocycles. The van der Waals surface area contributed by atoms with Crippen LogP contribution in [0.2, 0.25) is 0 Å². The van der Waals surface area contributed by atoms with Gasteiger partial charge in [-0.1, -0.05) is 12.1 Å². The zero-order valence-corrected chi connectivity index (χ0v) is 14.6. The fourth-order valence-corrected chi connectivity index (χ4v) is 3.30. The molecule has 6 heteroatoms. The third-order valence-electron chi connectivity index (χ3n) is 3.78. The molecule has 0 saturated heterocycles. The molecule has 0 bridgehead atoms. The number of amides is 1. The van der Waals surface area contributed by atoms with Gasteiger partial charge in [-0.2, -0.15) is 0 Å². The number of ether oxygens (including phenoxy) is 1. The summed E-state index contributed by atoms with van der Waals surface area (Å²) >= 11 is 1.48. The van der Waals surface area contributed by atoms with E-state index < -0.39 is 0 Å². The average Bonchev–Trinajstić information content (AvgIpc) is 3.21. The van der Waals surface area contributed by atoms with Gasteiger partial charge >= 0.3 is 0 Å². The highest BCUT2D eigenvalue weighted by atomic mass is 32.1. The van der Waals surface area contributed by atoms with E-state index in [0.717, 1.165) is 22.0 Å². The molecule has 2 aromatic heterocycles. The number of aryl methyl sites for hydroxylation is 2. The Hall–Kier alpha value is -2.60. The Morgan fingerprint density at radius 3 is 2.79 bits per heavy atom. The van der Waals surface area contributed by atoms with E-state index in [4.69, 9.17) is 4.74 Å². The molecule has 0 fully saturated rings. The average molecular weight is 341 g/mol. The molecule has 1 atom stereocenters. The number of methoxy groups -OCH3 is 1. The SMILES string of the molecule is COc1cccc(C(NC(=O)c2ccc(C)s2)c2nccn2C)c1.